The van der Waals surface area contributed by atoms with Gasteiger partial charge in [-0.25, -0.2) is 0 Å². The zero-order valence-electron chi connectivity index (χ0n) is 13.4. The minimum atomic E-state index is 0.205. The molecule has 0 N–H and O–H groups in total. The Kier molecular flexibility index (Phi) is 3.95. The van der Waals surface area contributed by atoms with Gasteiger partial charge < -0.3 is 4.90 Å². The van der Waals surface area contributed by atoms with Crippen LogP contribution in [0.1, 0.15) is 22.8 Å². The molecule has 122 valence electrons. The van der Waals surface area contributed by atoms with Gasteiger partial charge in [0.1, 0.15) is 0 Å². The van der Waals surface area contributed by atoms with Crippen LogP contribution in [0.3, 0.4) is 0 Å². The number of aryl methyl sites for hydroxylation is 1. The highest BCUT2D eigenvalue weighted by Crippen LogP contribution is 2.32. The maximum absolute atomic E-state index is 12.5. The molecule has 0 aliphatic carbocycles. The third-order valence-electron chi connectivity index (χ3n) is 5.03. The van der Waals surface area contributed by atoms with Crippen molar-refractivity contribution in [2.75, 3.05) is 26.2 Å². The number of hydrogen-bond donors (Lipinski definition) is 0. The van der Waals surface area contributed by atoms with E-state index in [-0.39, 0.29) is 5.91 Å². The van der Waals surface area contributed by atoms with Gasteiger partial charge in [0.15, 0.2) is 0 Å². The molecule has 2 aromatic rings. The average molecular weight is 330 g/mol. The van der Waals surface area contributed by atoms with Gasteiger partial charge in [-0.15, -0.1) is 0 Å². The van der Waals surface area contributed by atoms with Crippen LogP contribution in [0.15, 0.2) is 29.2 Å². The number of amides is 1. The Morgan fingerprint density at radius 2 is 2.09 bits per heavy atom. The number of likely N-dealkylation sites (tertiary alicyclic amines) is 2. The fourth-order valence-electron chi connectivity index (χ4n) is 3.87. The molecule has 0 bridgehead atoms. The van der Waals surface area contributed by atoms with E-state index in [4.69, 9.17) is 0 Å². The van der Waals surface area contributed by atoms with Crippen molar-refractivity contribution >= 4 is 17.2 Å². The van der Waals surface area contributed by atoms with Crippen LogP contribution in [0.5, 0.6) is 0 Å². The van der Waals surface area contributed by atoms with E-state index >= 15 is 0 Å². The molecule has 2 unspecified atom stereocenters. The first-order chi connectivity index (χ1) is 11.2. The van der Waals surface area contributed by atoms with Crippen LogP contribution >= 0.6 is 11.3 Å². The lowest BCUT2D eigenvalue weighted by molar-refractivity contribution is 0.0774. The molecule has 2 saturated heterocycles. The largest absolute Gasteiger partial charge is 0.338 e. The molecule has 2 atom stereocenters. The van der Waals surface area contributed by atoms with E-state index in [1.807, 2.05) is 32.6 Å². The van der Waals surface area contributed by atoms with Gasteiger partial charge in [-0.2, -0.15) is 16.4 Å². The minimum Gasteiger partial charge on any atom is -0.338 e. The fraction of sp³-hybridized carbons (Fsp3) is 0.529. The summed E-state index contributed by atoms with van der Waals surface area (Å²) >= 11 is 1.59. The zero-order chi connectivity index (χ0) is 15.8. The van der Waals surface area contributed by atoms with E-state index in [1.165, 1.54) is 5.56 Å². The third-order valence-corrected chi connectivity index (χ3v) is 5.72. The molecule has 0 spiro atoms. The van der Waals surface area contributed by atoms with Crippen LogP contribution in [-0.4, -0.2) is 51.7 Å². The van der Waals surface area contributed by atoms with Gasteiger partial charge in [0, 0.05) is 56.4 Å². The smallest absolute Gasteiger partial charge is 0.254 e. The monoisotopic (exact) mass is 330 g/mol. The molecule has 4 rings (SSSR count). The van der Waals surface area contributed by atoms with Crippen LogP contribution in [0.25, 0.3) is 0 Å². The van der Waals surface area contributed by atoms with Crippen molar-refractivity contribution in [1.29, 1.82) is 0 Å². The molecule has 4 heterocycles. The number of carbonyl (C=O) groups is 1. The zero-order valence-corrected chi connectivity index (χ0v) is 14.2. The summed E-state index contributed by atoms with van der Waals surface area (Å²) in [5, 5.41) is 8.28. The molecule has 2 aliphatic heterocycles. The van der Waals surface area contributed by atoms with Crippen LogP contribution < -0.4 is 0 Å². The summed E-state index contributed by atoms with van der Waals surface area (Å²) in [6, 6.07) is 1.93. The van der Waals surface area contributed by atoms with Crippen molar-refractivity contribution < 1.29 is 4.79 Å². The molecule has 0 aromatic carbocycles. The molecule has 23 heavy (non-hydrogen) atoms. The second-order valence-corrected chi connectivity index (χ2v) is 7.42. The van der Waals surface area contributed by atoms with Crippen molar-refractivity contribution in [3.8, 4) is 0 Å². The fourth-order valence-corrected chi connectivity index (χ4v) is 4.50. The molecule has 2 fully saturated rings. The topological polar surface area (TPSA) is 41.4 Å². The van der Waals surface area contributed by atoms with Crippen molar-refractivity contribution in [1.82, 2.24) is 19.6 Å². The average Bonchev–Trinajstić information content (AvgIpc) is 3.30. The highest BCUT2D eigenvalue weighted by atomic mass is 32.1. The van der Waals surface area contributed by atoms with E-state index in [1.54, 1.807) is 11.3 Å². The lowest BCUT2D eigenvalue weighted by Gasteiger charge is -2.21. The van der Waals surface area contributed by atoms with E-state index in [0.29, 0.717) is 11.8 Å². The summed E-state index contributed by atoms with van der Waals surface area (Å²) in [7, 11) is 0. The molecule has 0 saturated carbocycles. The highest BCUT2D eigenvalue weighted by Gasteiger charge is 2.41. The Balaban J connectivity index is 1.34. The number of thiophene rings is 1. The lowest BCUT2D eigenvalue weighted by atomic mass is 10.0. The van der Waals surface area contributed by atoms with Crippen LogP contribution in [0, 0.1) is 11.8 Å². The van der Waals surface area contributed by atoms with E-state index in [0.717, 1.165) is 44.8 Å². The van der Waals surface area contributed by atoms with Crippen molar-refractivity contribution in [2.24, 2.45) is 11.8 Å². The first kappa shape index (κ1) is 14.9. The number of nitrogens with zero attached hydrogens (tertiary/aromatic N) is 4. The number of hydrogen-bond acceptors (Lipinski definition) is 4. The molecule has 2 aliphatic rings. The second kappa shape index (κ2) is 6.09. The summed E-state index contributed by atoms with van der Waals surface area (Å²) < 4.78 is 1.98. The van der Waals surface area contributed by atoms with Crippen LogP contribution in [0.4, 0.5) is 0 Å². The molecule has 5 nitrogen and oxygen atoms in total. The first-order valence-electron chi connectivity index (χ1n) is 8.28. The molecule has 1 amide bonds. The predicted molar refractivity (Wildman–Crippen MR) is 90.4 cm³/mol. The maximum atomic E-state index is 12.5. The van der Waals surface area contributed by atoms with Gasteiger partial charge in [0.2, 0.25) is 0 Å². The lowest BCUT2D eigenvalue weighted by Crippen LogP contribution is -2.32. The van der Waals surface area contributed by atoms with Gasteiger partial charge in [0.25, 0.3) is 5.91 Å². The molecule has 0 radical (unpaired) electrons. The Morgan fingerprint density at radius 3 is 2.70 bits per heavy atom. The number of rotatable bonds is 4. The second-order valence-electron chi connectivity index (χ2n) is 6.64. The van der Waals surface area contributed by atoms with Crippen molar-refractivity contribution in [2.45, 2.75) is 20.0 Å². The SMILES string of the molecule is CCn1cc(CN2CC3CN(C(=O)c4ccsc4)CC3C2)cn1. The molecule has 2 aromatic heterocycles. The normalized spacial score (nSPS) is 24.3. The first-order valence-corrected chi connectivity index (χ1v) is 9.22. The van der Waals surface area contributed by atoms with Gasteiger partial charge in [-0.05, 0) is 30.2 Å². The summed E-state index contributed by atoms with van der Waals surface area (Å²) in [5.74, 6) is 1.45. The predicted octanol–water partition coefficient (Wildman–Crippen LogP) is 2.17. The van der Waals surface area contributed by atoms with Crippen molar-refractivity contribution in [3.05, 3.63) is 40.3 Å². The van der Waals surface area contributed by atoms with E-state index in [9.17, 15) is 4.79 Å². The Bertz CT molecular complexity index is 667. The standard InChI is InChI=1S/C17H22N4OS/c1-2-21-7-13(5-18-21)6-19-8-15-10-20(11-16(15)9-19)17(22)14-3-4-23-12-14/h3-5,7,12,15-16H,2,6,8-11H2,1H3. The highest BCUT2D eigenvalue weighted by molar-refractivity contribution is 7.08. The van der Waals surface area contributed by atoms with Crippen molar-refractivity contribution in [3.63, 3.8) is 0 Å². The molecule has 6 heteroatoms. The van der Waals surface area contributed by atoms with Crippen LogP contribution in [-0.2, 0) is 13.1 Å². The molecular weight excluding hydrogens is 308 g/mol. The molecular formula is C17H22N4OS. The van der Waals surface area contributed by atoms with Gasteiger partial charge in [-0.1, -0.05) is 0 Å². The number of fused-ring (bicyclic) bond motifs is 1. The summed E-state index contributed by atoms with van der Waals surface area (Å²) in [5.41, 5.74) is 2.14. The van der Waals surface area contributed by atoms with Gasteiger partial charge in [-0.3, -0.25) is 14.4 Å². The minimum absolute atomic E-state index is 0.205. The Labute approximate surface area is 140 Å². The summed E-state index contributed by atoms with van der Waals surface area (Å²) in [4.78, 5) is 17.0. The Morgan fingerprint density at radius 1 is 1.30 bits per heavy atom. The maximum Gasteiger partial charge on any atom is 0.254 e. The quantitative estimate of drug-likeness (QED) is 0.863. The van der Waals surface area contributed by atoms with Gasteiger partial charge >= 0.3 is 0 Å². The summed E-state index contributed by atoms with van der Waals surface area (Å²) in [6.45, 7) is 8.01. The number of carbonyl (C=O) groups excluding carboxylic acids is 1. The van der Waals surface area contributed by atoms with E-state index < -0.39 is 0 Å². The Hall–Kier alpha value is -1.66. The van der Waals surface area contributed by atoms with Crippen LogP contribution in [0.2, 0.25) is 0 Å². The third kappa shape index (κ3) is 2.93. The van der Waals surface area contributed by atoms with E-state index in [2.05, 4.69) is 23.1 Å². The van der Waals surface area contributed by atoms with Gasteiger partial charge in [0.05, 0.1) is 11.8 Å². The summed E-state index contributed by atoms with van der Waals surface area (Å²) in [6.07, 6.45) is 4.12. The number of aromatic nitrogens is 2.